The summed E-state index contributed by atoms with van der Waals surface area (Å²) in [5.74, 6) is -2.66. The molecular formula is C10H10F2O3S. The second-order valence-electron chi connectivity index (χ2n) is 3.46. The summed E-state index contributed by atoms with van der Waals surface area (Å²) in [5.41, 5.74) is -0.544. The van der Waals surface area contributed by atoms with Gasteiger partial charge in [0.2, 0.25) is 0 Å². The fourth-order valence-corrected chi connectivity index (χ4v) is 1.62. The first-order valence-corrected chi connectivity index (χ1v) is 6.37. The van der Waals surface area contributed by atoms with Crippen molar-refractivity contribution < 1.29 is 22.0 Å². The van der Waals surface area contributed by atoms with Crippen LogP contribution < -0.4 is 0 Å². The van der Waals surface area contributed by atoms with Crippen LogP contribution in [0.1, 0.15) is 17.3 Å². The minimum atomic E-state index is -3.62. The second-order valence-corrected chi connectivity index (χ2v) is 5.83. The quantitative estimate of drug-likeness (QED) is 0.763. The van der Waals surface area contributed by atoms with Crippen LogP contribution in [-0.4, -0.2) is 25.7 Å². The first-order valence-electron chi connectivity index (χ1n) is 4.41. The summed E-state index contributed by atoms with van der Waals surface area (Å²) < 4.78 is 48.2. The molecule has 0 aliphatic carbocycles. The number of halogens is 2. The van der Waals surface area contributed by atoms with E-state index in [1.807, 2.05) is 0 Å². The third-order valence-electron chi connectivity index (χ3n) is 2.21. The predicted molar refractivity (Wildman–Crippen MR) is 55.0 cm³/mol. The summed E-state index contributed by atoms with van der Waals surface area (Å²) in [4.78, 5) is 11.6. The van der Waals surface area contributed by atoms with E-state index in [2.05, 4.69) is 0 Å². The van der Waals surface area contributed by atoms with Crippen molar-refractivity contribution >= 4 is 15.6 Å². The number of Topliss-reactive ketones (excluding diaryl/α,β-unsaturated/α-hetero) is 1. The molecule has 0 radical (unpaired) electrons. The number of benzene rings is 1. The largest absolute Gasteiger partial charge is 0.293 e. The molecule has 6 heteroatoms. The number of rotatable bonds is 3. The van der Waals surface area contributed by atoms with Crippen molar-refractivity contribution in [2.24, 2.45) is 0 Å². The number of ketones is 1. The molecule has 0 N–H and O–H groups in total. The van der Waals surface area contributed by atoms with Gasteiger partial charge in [0, 0.05) is 6.26 Å². The smallest absolute Gasteiger partial charge is 0.183 e. The molecule has 3 nitrogen and oxygen atoms in total. The number of carbonyl (C=O) groups excluding carboxylic acids is 1. The molecule has 0 saturated heterocycles. The summed E-state index contributed by atoms with van der Waals surface area (Å²) in [6.07, 6.45) is 0.868. The molecule has 0 spiro atoms. The minimum Gasteiger partial charge on any atom is -0.293 e. The average molecular weight is 248 g/mol. The van der Waals surface area contributed by atoms with E-state index in [4.69, 9.17) is 0 Å². The van der Waals surface area contributed by atoms with E-state index in [1.54, 1.807) is 0 Å². The van der Waals surface area contributed by atoms with Crippen LogP contribution in [-0.2, 0) is 9.84 Å². The molecule has 1 rings (SSSR count). The summed E-state index contributed by atoms with van der Waals surface area (Å²) >= 11 is 0. The maximum Gasteiger partial charge on any atom is 0.183 e. The van der Waals surface area contributed by atoms with Crippen LogP contribution in [0.3, 0.4) is 0 Å². The molecule has 1 unspecified atom stereocenters. The fourth-order valence-electron chi connectivity index (χ4n) is 1.10. The zero-order chi connectivity index (χ0) is 12.5. The first kappa shape index (κ1) is 12.8. The van der Waals surface area contributed by atoms with Gasteiger partial charge in [-0.2, -0.15) is 0 Å². The van der Waals surface area contributed by atoms with E-state index < -0.39 is 38.1 Å². The van der Waals surface area contributed by atoms with Gasteiger partial charge in [0.15, 0.2) is 15.6 Å². The van der Waals surface area contributed by atoms with Gasteiger partial charge in [0.25, 0.3) is 0 Å². The Balaban J connectivity index is 3.20. The highest BCUT2D eigenvalue weighted by molar-refractivity contribution is 7.92. The van der Waals surface area contributed by atoms with Gasteiger partial charge in [-0.15, -0.1) is 0 Å². The topological polar surface area (TPSA) is 51.2 Å². The average Bonchev–Trinajstić information content (AvgIpc) is 2.18. The Kier molecular flexibility index (Phi) is 3.42. The van der Waals surface area contributed by atoms with Crippen molar-refractivity contribution in [2.75, 3.05) is 6.26 Å². The molecule has 0 aliphatic heterocycles. The molecule has 1 aromatic rings. The van der Waals surface area contributed by atoms with Gasteiger partial charge >= 0.3 is 0 Å². The van der Waals surface area contributed by atoms with Crippen LogP contribution in [0.15, 0.2) is 18.2 Å². The van der Waals surface area contributed by atoms with Crippen molar-refractivity contribution in [1.29, 1.82) is 0 Å². The van der Waals surface area contributed by atoms with E-state index >= 15 is 0 Å². The number of sulfone groups is 1. The SMILES string of the molecule is CC(C(=O)c1cc(F)ccc1F)S(C)(=O)=O. The van der Waals surface area contributed by atoms with Crippen molar-refractivity contribution in [3.05, 3.63) is 35.4 Å². The summed E-state index contributed by atoms with van der Waals surface area (Å²) in [5, 5.41) is -1.39. The van der Waals surface area contributed by atoms with E-state index in [-0.39, 0.29) is 0 Å². The fraction of sp³-hybridized carbons (Fsp3) is 0.300. The molecule has 88 valence electrons. The lowest BCUT2D eigenvalue weighted by molar-refractivity contribution is 0.0987. The van der Waals surface area contributed by atoms with Gasteiger partial charge < -0.3 is 0 Å². The first-order chi connectivity index (χ1) is 7.23. The molecule has 0 fully saturated rings. The lowest BCUT2D eigenvalue weighted by Gasteiger charge is -2.08. The van der Waals surface area contributed by atoms with Crippen molar-refractivity contribution in [3.8, 4) is 0 Å². The Morgan fingerprint density at radius 1 is 1.31 bits per heavy atom. The minimum absolute atomic E-state index is 0.544. The van der Waals surface area contributed by atoms with Crippen molar-refractivity contribution in [1.82, 2.24) is 0 Å². The van der Waals surface area contributed by atoms with Crippen LogP contribution in [0, 0.1) is 11.6 Å². The second kappa shape index (κ2) is 4.29. The van der Waals surface area contributed by atoms with Crippen LogP contribution in [0.5, 0.6) is 0 Å². The Hall–Kier alpha value is -1.30. The van der Waals surface area contributed by atoms with Gasteiger partial charge in [-0.1, -0.05) is 0 Å². The van der Waals surface area contributed by atoms with E-state index in [1.165, 1.54) is 0 Å². The third-order valence-corrected chi connectivity index (χ3v) is 3.70. The highest BCUT2D eigenvalue weighted by Crippen LogP contribution is 2.14. The molecule has 16 heavy (non-hydrogen) atoms. The Bertz CT molecular complexity index is 523. The van der Waals surface area contributed by atoms with Gasteiger partial charge in [0.05, 0.1) is 5.56 Å². The van der Waals surface area contributed by atoms with Gasteiger partial charge in [-0.25, -0.2) is 17.2 Å². The Morgan fingerprint density at radius 2 is 1.88 bits per heavy atom. The van der Waals surface area contributed by atoms with E-state index in [9.17, 15) is 22.0 Å². The third kappa shape index (κ3) is 2.63. The van der Waals surface area contributed by atoms with Gasteiger partial charge in [-0.3, -0.25) is 4.79 Å². The zero-order valence-corrected chi connectivity index (χ0v) is 9.51. The molecule has 1 aromatic carbocycles. The van der Waals surface area contributed by atoms with Crippen molar-refractivity contribution in [3.63, 3.8) is 0 Å². The van der Waals surface area contributed by atoms with Crippen LogP contribution in [0.4, 0.5) is 8.78 Å². The number of hydrogen-bond acceptors (Lipinski definition) is 3. The normalized spacial score (nSPS) is 13.5. The lowest BCUT2D eigenvalue weighted by atomic mass is 10.1. The molecule has 1 atom stereocenters. The highest BCUT2D eigenvalue weighted by Gasteiger charge is 2.27. The van der Waals surface area contributed by atoms with Crippen molar-refractivity contribution in [2.45, 2.75) is 12.2 Å². The highest BCUT2D eigenvalue weighted by atomic mass is 32.2. The Morgan fingerprint density at radius 3 is 2.38 bits per heavy atom. The van der Waals surface area contributed by atoms with Gasteiger partial charge in [-0.05, 0) is 25.1 Å². The molecule has 0 saturated carbocycles. The maximum absolute atomic E-state index is 13.2. The van der Waals surface area contributed by atoms with E-state index in [0.29, 0.717) is 6.07 Å². The lowest BCUT2D eigenvalue weighted by Crippen LogP contribution is -2.27. The molecule has 0 amide bonds. The molecule has 0 aliphatic rings. The Labute approximate surface area is 92.0 Å². The van der Waals surface area contributed by atoms with Crippen LogP contribution in [0.25, 0.3) is 0 Å². The van der Waals surface area contributed by atoms with Crippen LogP contribution >= 0.6 is 0 Å². The summed E-state index contributed by atoms with van der Waals surface area (Å²) in [6.45, 7) is 1.14. The molecule has 0 bridgehead atoms. The molecule has 0 heterocycles. The monoisotopic (exact) mass is 248 g/mol. The molecular weight excluding hydrogens is 238 g/mol. The van der Waals surface area contributed by atoms with E-state index in [0.717, 1.165) is 25.3 Å². The molecule has 0 aromatic heterocycles. The zero-order valence-electron chi connectivity index (χ0n) is 8.70. The number of carbonyl (C=O) groups is 1. The summed E-state index contributed by atoms with van der Waals surface area (Å²) in [6, 6.07) is 2.34. The summed E-state index contributed by atoms with van der Waals surface area (Å²) in [7, 11) is -3.62. The van der Waals surface area contributed by atoms with Gasteiger partial charge in [0.1, 0.15) is 16.9 Å². The predicted octanol–water partition coefficient (Wildman–Crippen LogP) is 1.58. The standard InChI is InChI=1S/C10H10F2O3S/c1-6(16(2,14)15)10(13)8-5-7(11)3-4-9(8)12/h3-6H,1-2H3. The maximum atomic E-state index is 13.2. The van der Waals surface area contributed by atoms with Crippen LogP contribution in [0.2, 0.25) is 0 Å². The number of hydrogen-bond donors (Lipinski definition) is 0.